The lowest BCUT2D eigenvalue weighted by Crippen LogP contribution is -2.29. The van der Waals surface area contributed by atoms with Gasteiger partial charge in [0.1, 0.15) is 13.2 Å². The van der Waals surface area contributed by atoms with Crippen LogP contribution in [-0.4, -0.2) is 62.3 Å². The summed E-state index contributed by atoms with van der Waals surface area (Å²) in [5.74, 6) is -0.200. The van der Waals surface area contributed by atoms with Gasteiger partial charge in [0.25, 0.3) is 20.2 Å². The number of hydrogen-bond donors (Lipinski definition) is 4. The van der Waals surface area contributed by atoms with Gasteiger partial charge in [-0.1, -0.05) is 65.7 Å². The average Bonchev–Trinajstić information content (AvgIpc) is 2.84. The molecule has 1 aromatic rings. The average molecular weight is 635 g/mol. The first-order valence-corrected chi connectivity index (χ1v) is 17.6. The summed E-state index contributed by atoms with van der Waals surface area (Å²) in [4.78, 5) is 11.0. The predicted molar refractivity (Wildman–Crippen MR) is 167 cm³/mol. The molecule has 0 radical (unpaired) electrons. The maximum atomic E-state index is 11.0. The Morgan fingerprint density at radius 3 is 1.07 bits per heavy atom. The molecule has 0 spiro atoms. The Kier molecular flexibility index (Phi) is 14.7. The highest BCUT2D eigenvalue weighted by molar-refractivity contribution is 7.86. The summed E-state index contributed by atoms with van der Waals surface area (Å²) >= 11 is 0. The second-order valence-corrected chi connectivity index (χ2v) is 14.8. The molecule has 0 heterocycles. The van der Waals surface area contributed by atoms with Crippen LogP contribution in [0.5, 0.6) is 0 Å². The van der Waals surface area contributed by atoms with Crippen molar-refractivity contribution in [1.82, 2.24) is 0 Å². The minimum absolute atomic E-state index is 0.0209. The van der Waals surface area contributed by atoms with Crippen LogP contribution in [0, 0.1) is 0 Å². The van der Waals surface area contributed by atoms with Gasteiger partial charge in [-0.25, -0.2) is 0 Å². The largest absolute Gasteiger partial charge is 0.394 e. The van der Waals surface area contributed by atoms with Crippen molar-refractivity contribution in [1.29, 1.82) is 0 Å². The zero-order valence-corrected chi connectivity index (χ0v) is 27.8. The second kappa shape index (κ2) is 16.4. The van der Waals surface area contributed by atoms with Crippen molar-refractivity contribution >= 4 is 31.9 Å². The third kappa shape index (κ3) is 11.7. The Bertz CT molecular complexity index is 1180. The van der Waals surface area contributed by atoms with E-state index in [-0.39, 0.29) is 72.9 Å². The fourth-order valence-corrected chi connectivity index (χ4v) is 6.14. The molecule has 0 fully saturated rings. The second-order valence-electron chi connectivity index (χ2n) is 11.6. The molecule has 0 aliphatic carbocycles. The van der Waals surface area contributed by atoms with Crippen LogP contribution in [0.4, 0.5) is 0 Å². The predicted octanol–water partition coefficient (Wildman–Crippen LogP) is 4.79. The molecule has 42 heavy (non-hydrogen) atoms. The van der Waals surface area contributed by atoms with Crippen LogP contribution >= 0.6 is 0 Å². The van der Waals surface area contributed by atoms with Gasteiger partial charge in [0.2, 0.25) is 0 Å². The molecule has 0 amide bonds. The van der Waals surface area contributed by atoms with E-state index in [1.54, 1.807) is 0 Å². The highest BCUT2D eigenvalue weighted by atomic mass is 32.2. The lowest BCUT2D eigenvalue weighted by molar-refractivity contribution is 0.141. The quantitative estimate of drug-likeness (QED) is 0.0571. The van der Waals surface area contributed by atoms with Crippen LogP contribution in [0.1, 0.15) is 138 Å². The first kappa shape index (κ1) is 37.6. The first-order chi connectivity index (χ1) is 19.3. The van der Waals surface area contributed by atoms with E-state index >= 15 is 0 Å². The van der Waals surface area contributed by atoms with Crippen molar-refractivity contribution in [2.24, 2.45) is 21.8 Å². The maximum absolute atomic E-state index is 11.0. The zero-order chi connectivity index (χ0) is 32.4. The zero-order valence-electron chi connectivity index (χ0n) is 26.2. The Balaban J connectivity index is 3.68. The van der Waals surface area contributed by atoms with Gasteiger partial charge in [0, 0.05) is 11.1 Å². The molecule has 0 saturated carbocycles. The van der Waals surface area contributed by atoms with E-state index in [0.717, 1.165) is 33.4 Å². The van der Waals surface area contributed by atoms with Gasteiger partial charge in [-0.05, 0) is 71.6 Å². The van der Waals surface area contributed by atoms with Crippen LogP contribution in [0.2, 0.25) is 0 Å². The SMILES string of the molecule is CC(C)c1c(/C(N)=N/OCCCCS(=O)(=O)O)c(C(C)C)c(C(C)C)c(/C(N)=N/OCCCCS(=O)(=O)O)c1C(C)C. The molecule has 1 aromatic carbocycles. The number of hydrogen-bond acceptors (Lipinski definition) is 8. The standard InChI is InChI=1S/C28H50N4O8S2/c1-17(2)21-22(18(3)4)26(28(30)32-40-14-10-12-16-42(36,37)38)24(20(7)8)23(19(5)6)25(21)27(29)31-39-13-9-11-15-41(33,34)35/h17-20H,9-16H2,1-8H3,(H2,29,31)(H2,30,32)(H,33,34,35)(H,36,37,38). The Hall–Kier alpha value is -2.42. The summed E-state index contributed by atoms with van der Waals surface area (Å²) in [6.07, 6.45) is 1.21. The van der Waals surface area contributed by atoms with Gasteiger partial charge in [-0.2, -0.15) is 16.8 Å². The van der Waals surface area contributed by atoms with E-state index in [0.29, 0.717) is 12.8 Å². The number of unbranched alkanes of at least 4 members (excludes halogenated alkanes) is 2. The number of rotatable bonds is 18. The fourth-order valence-electron chi connectivity index (χ4n) is 5.00. The van der Waals surface area contributed by atoms with Gasteiger partial charge in [0.05, 0.1) is 11.5 Å². The molecule has 12 nitrogen and oxygen atoms in total. The van der Waals surface area contributed by atoms with Crippen molar-refractivity contribution in [2.45, 2.75) is 105 Å². The van der Waals surface area contributed by atoms with Crippen molar-refractivity contribution < 1.29 is 35.6 Å². The summed E-state index contributed by atoms with van der Waals surface area (Å²) in [7, 11) is -8.06. The molecule has 14 heteroatoms. The molecule has 0 aliphatic rings. The van der Waals surface area contributed by atoms with E-state index in [9.17, 15) is 16.8 Å². The van der Waals surface area contributed by atoms with E-state index < -0.39 is 20.2 Å². The minimum atomic E-state index is -4.03. The van der Waals surface area contributed by atoms with Gasteiger partial charge in [-0.3, -0.25) is 9.11 Å². The molecule has 0 atom stereocenters. The number of oxime groups is 2. The van der Waals surface area contributed by atoms with E-state index in [4.69, 9.17) is 30.2 Å². The smallest absolute Gasteiger partial charge is 0.264 e. The Morgan fingerprint density at radius 2 is 0.857 bits per heavy atom. The van der Waals surface area contributed by atoms with Crippen LogP contribution in [0.3, 0.4) is 0 Å². The van der Waals surface area contributed by atoms with Crippen molar-refractivity contribution in [3.63, 3.8) is 0 Å². The Labute approximate surface area is 251 Å². The molecule has 0 aromatic heterocycles. The van der Waals surface area contributed by atoms with Gasteiger partial charge >= 0.3 is 0 Å². The molecular formula is C28H50N4O8S2. The Morgan fingerprint density at radius 1 is 0.595 bits per heavy atom. The number of amidine groups is 2. The topological polar surface area (TPSA) is 204 Å². The summed E-state index contributed by atoms with van der Waals surface area (Å²) in [6, 6.07) is 0. The fraction of sp³-hybridized carbons (Fsp3) is 0.714. The molecule has 0 aliphatic heterocycles. The molecule has 6 N–H and O–H groups in total. The molecule has 242 valence electrons. The van der Waals surface area contributed by atoms with E-state index in [1.165, 1.54) is 0 Å². The summed E-state index contributed by atoms with van der Waals surface area (Å²) in [6.45, 7) is 16.8. The van der Waals surface area contributed by atoms with E-state index in [1.807, 2.05) is 0 Å². The molecule has 0 bridgehead atoms. The van der Waals surface area contributed by atoms with Crippen molar-refractivity contribution in [2.75, 3.05) is 24.7 Å². The minimum Gasteiger partial charge on any atom is -0.394 e. The summed E-state index contributed by atoms with van der Waals surface area (Å²) in [5, 5.41) is 8.44. The molecule has 1 rings (SSSR count). The van der Waals surface area contributed by atoms with Crippen molar-refractivity contribution in [3.8, 4) is 0 Å². The number of benzene rings is 1. The third-order valence-corrected chi connectivity index (χ3v) is 8.19. The first-order valence-electron chi connectivity index (χ1n) is 14.3. The lowest BCUT2D eigenvalue weighted by Gasteiger charge is -2.32. The van der Waals surface area contributed by atoms with Crippen LogP contribution < -0.4 is 11.5 Å². The number of nitrogens with zero attached hydrogens (tertiary/aromatic N) is 2. The lowest BCUT2D eigenvalue weighted by atomic mass is 9.73. The van der Waals surface area contributed by atoms with E-state index in [2.05, 4.69) is 65.7 Å². The summed E-state index contributed by atoms with van der Waals surface area (Å²) < 4.78 is 61.7. The third-order valence-electron chi connectivity index (χ3n) is 6.58. The highest BCUT2D eigenvalue weighted by Gasteiger charge is 2.32. The highest BCUT2D eigenvalue weighted by Crippen LogP contribution is 2.42. The summed E-state index contributed by atoms with van der Waals surface area (Å²) in [5.41, 5.74) is 18.7. The van der Waals surface area contributed by atoms with Crippen LogP contribution in [0.25, 0.3) is 0 Å². The number of nitrogens with two attached hydrogens (primary N) is 2. The monoisotopic (exact) mass is 634 g/mol. The normalized spacial score (nSPS) is 13.6. The van der Waals surface area contributed by atoms with Gasteiger partial charge in [0.15, 0.2) is 11.7 Å². The van der Waals surface area contributed by atoms with Crippen LogP contribution in [0.15, 0.2) is 10.3 Å². The molecule has 0 unspecified atom stereocenters. The van der Waals surface area contributed by atoms with Gasteiger partial charge < -0.3 is 21.1 Å². The molecule has 0 saturated heterocycles. The maximum Gasteiger partial charge on any atom is 0.264 e. The molecular weight excluding hydrogens is 584 g/mol. The van der Waals surface area contributed by atoms with Crippen LogP contribution in [-0.2, 0) is 29.9 Å². The van der Waals surface area contributed by atoms with Crippen molar-refractivity contribution in [3.05, 3.63) is 33.4 Å². The van der Waals surface area contributed by atoms with Gasteiger partial charge in [-0.15, -0.1) is 0 Å².